The fourth-order valence-electron chi connectivity index (χ4n) is 6.64. The van der Waals surface area contributed by atoms with E-state index in [4.69, 9.17) is 5.73 Å². The summed E-state index contributed by atoms with van der Waals surface area (Å²) in [5, 5.41) is 25.5. The van der Waals surface area contributed by atoms with Crippen molar-refractivity contribution in [2.24, 2.45) is 5.73 Å². The molecule has 0 aromatic heterocycles. The number of hydrogen-bond acceptors (Lipinski definition) is 9. The lowest BCUT2D eigenvalue weighted by Crippen LogP contribution is -2.59. The van der Waals surface area contributed by atoms with Crippen molar-refractivity contribution >= 4 is 29.5 Å². The first kappa shape index (κ1) is 38.4. The van der Waals surface area contributed by atoms with Crippen LogP contribution in [0.4, 0.5) is 0 Å². The van der Waals surface area contributed by atoms with Crippen molar-refractivity contribution in [3.05, 3.63) is 70.8 Å². The van der Waals surface area contributed by atoms with Crippen LogP contribution < -0.4 is 16.4 Å². The Morgan fingerprint density at radius 3 is 1.60 bits per heavy atom. The molecule has 272 valence electrons. The molecule has 0 saturated carbocycles. The fraction of sp³-hybridized carbons (Fsp3) is 0.528. The Morgan fingerprint density at radius 2 is 1.18 bits per heavy atom. The van der Waals surface area contributed by atoms with E-state index >= 15 is 0 Å². The third-order valence-electron chi connectivity index (χ3n) is 9.71. The summed E-state index contributed by atoms with van der Waals surface area (Å²) in [5.74, 6) is -2.27. The number of nitrogens with zero attached hydrogens (tertiary/aromatic N) is 4. The summed E-state index contributed by atoms with van der Waals surface area (Å²) in [6, 6.07) is 10.9. The minimum Gasteiger partial charge on any atom is -0.394 e. The van der Waals surface area contributed by atoms with Gasteiger partial charge in [0, 0.05) is 32.5 Å². The minimum absolute atomic E-state index is 0.184. The van der Waals surface area contributed by atoms with Crippen LogP contribution in [0.3, 0.4) is 0 Å². The average molecular weight is 694 g/mol. The second-order valence-corrected chi connectivity index (χ2v) is 13.5. The van der Waals surface area contributed by atoms with Gasteiger partial charge >= 0.3 is 0 Å². The Kier molecular flexibility index (Phi) is 13.5. The standard InChI is InChI=1S/C36H51N7O7/c1-40(2)30(21-44)35(49)42-19-25-13-7-5-11-23(25)17-28(42)33(47)38-16-10-9-15-27(32(37)46)39-34(48)29-18-24-12-6-8-14-26(24)20-43(29)36(50)31(22-45)41(3)4/h5-8,11-14,27-31,44-45H,9-10,15-22H2,1-4H3,(H2,37,46)(H,38,47)(H,39,48)/t27-,28-,29-,30-,31-/m0/s1. The number of benzene rings is 2. The van der Waals surface area contributed by atoms with Crippen LogP contribution in [0.2, 0.25) is 0 Å². The summed E-state index contributed by atoms with van der Waals surface area (Å²) in [6.07, 6.45) is 1.72. The van der Waals surface area contributed by atoms with Gasteiger partial charge in [0.05, 0.1) is 13.2 Å². The number of primary amides is 1. The van der Waals surface area contributed by atoms with Gasteiger partial charge in [-0.05, 0) is 69.7 Å². The van der Waals surface area contributed by atoms with E-state index in [1.54, 1.807) is 38.0 Å². The van der Waals surface area contributed by atoms with Crippen LogP contribution in [-0.2, 0) is 49.9 Å². The highest BCUT2D eigenvalue weighted by atomic mass is 16.3. The molecule has 50 heavy (non-hydrogen) atoms. The van der Waals surface area contributed by atoms with Gasteiger partial charge in [-0.25, -0.2) is 0 Å². The highest BCUT2D eigenvalue weighted by Crippen LogP contribution is 2.26. The Bertz CT molecular complexity index is 1530. The Hall–Kier alpha value is -4.37. The summed E-state index contributed by atoms with van der Waals surface area (Å²) < 4.78 is 0. The first-order valence-electron chi connectivity index (χ1n) is 17.0. The van der Waals surface area contributed by atoms with Crippen LogP contribution in [0.5, 0.6) is 0 Å². The number of rotatable bonds is 15. The van der Waals surface area contributed by atoms with Gasteiger partial charge in [-0.2, -0.15) is 0 Å². The smallest absolute Gasteiger partial charge is 0.243 e. The van der Waals surface area contributed by atoms with Crippen molar-refractivity contribution in [3.8, 4) is 0 Å². The van der Waals surface area contributed by atoms with Gasteiger partial charge in [-0.3, -0.25) is 33.8 Å². The minimum atomic E-state index is -1.00. The van der Waals surface area contributed by atoms with E-state index in [0.717, 1.165) is 22.3 Å². The first-order valence-corrected chi connectivity index (χ1v) is 17.0. The van der Waals surface area contributed by atoms with Crippen LogP contribution >= 0.6 is 0 Å². The maximum Gasteiger partial charge on any atom is 0.243 e. The van der Waals surface area contributed by atoms with Gasteiger partial charge in [0.1, 0.15) is 30.2 Å². The second kappa shape index (κ2) is 17.5. The number of nitrogens with one attached hydrogen (secondary N) is 2. The van der Waals surface area contributed by atoms with E-state index in [1.165, 1.54) is 9.80 Å². The molecule has 0 fully saturated rings. The molecule has 2 aromatic carbocycles. The quantitative estimate of drug-likeness (QED) is 0.146. The average Bonchev–Trinajstić information content (AvgIpc) is 3.09. The number of nitrogens with two attached hydrogens (primary N) is 1. The number of aliphatic hydroxyl groups excluding tert-OH is 2. The molecule has 2 aromatic rings. The lowest BCUT2D eigenvalue weighted by atomic mass is 9.92. The predicted octanol–water partition coefficient (Wildman–Crippen LogP) is -1.00. The Balaban J connectivity index is 1.36. The van der Waals surface area contributed by atoms with Gasteiger partial charge in [-0.15, -0.1) is 0 Å². The number of carbonyl (C=O) groups is 5. The van der Waals surface area contributed by atoms with Gasteiger partial charge < -0.3 is 36.4 Å². The van der Waals surface area contributed by atoms with Crippen LogP contribution in [0, 0.1) is 0 Å². The molecule has 4 rings (SSSR count). The number of carbonyl (C=O) groups excluding carboxylic acids is 5. The molecule has 0 bridgehead atoms. The molecule has 0 unspecified atom stereocenters. The van der Waals surface area contributed by atoms with Crippen molar-refractivity contribution in [1.29, 1.82) is 0 Å². The first-order chi connectivity index (χ1) is 23.9. The molecule has 0 saturated heterocycles. The van der Waals surface area contributed by atoms with E-state index in [9.17, 15) is 34.2 Å². The van der Waals surface area contributed by atoms with Crippen molar-refractivity contribution < 1.29 is 34.2 Å². The molecule has 6 N–H and O–H groups in total. The normalized spacial score (nSPS) is 18.9. The van der Waals surface area contributed by atoms with Crippen LogP contribution in [0.15, 0.2) is 48.5 Å². The van der Waals surface area contributed by atoms with Gasteiger partial charge in [0.15, 0.2) is 0 Å². The summed E-state index contributed by atoms with van der Waals surface area (Å²) >= 11 is 0. The highest BCUT2D eigenvalue weighted by Gasteiger charge is 2.40. The largest absolute Gasteiger partial charge is 0.394 e. The van der Waals surface area contributed by atoms with Crippen LogP contribution in [0.1, 0.15) is 41.5 Å². The fourth-order valence-corrected chi connectivity index (χ4v) is 6.64. The molecular formula is C36H51N7O7. The molecule has 2 aliphatic rings. The van der Waals surface area contributed by atoms with E-state index in [2.05, 4.69) is 10.6 Å². The van der Waals surface area contributed by atoms with Crippen LogP contribution in [0.25, 0.3) is 0 Å². The molecule has 2 aliphatic heterocycles. The summed E-state index contributed by atoms with van der Waals surface area (Å²) in [4.78, 5) is 72.7. The molecule has 14 heteroatoms. The van der Waals surface area contributed by atoms with E-state index in [0.29, 0.717) is 19.3 Å². The number of amides is 5. The molecule has 0 aliphatic carbocycles. The molecule has 2 heterocycles. The maximum atomic E-state index is 13.7. The van der Waals surface area contributed by atoms with E-state index < -0.39 is 54.5 Å². The van der Waals surface area contributed by atoms with E-state index in [1.807, 2.05) is 48.5 Å². The topological polar surface area (TPSA) is 189 Å². The summed E-state index contributed by atoms with van der Waals surface area (Å²) in [5.41, 5.74) is 9.46. The number of likely N-dealkylation sites (N-methyl/N-ethyl adjacent to an activating group) is 2. The van der Waals surface area contributed by atoms with Crippen LogP contribution in [-0.4, -0.2) is 138 Å². The monoisotopic (exact) mass is 693 g/mol. The highest BCUT2D eigenvalue weighted by molar-refractivity contribution is 5.93. The SMILES string of the molecule is CN(C)[C@@H](CO)C(=O)N1Cc2ccccc2C[C@H]1C(=O)NCCCC[C@H](NC(=O)[C@@H]1Cc2ccccc2CN1C(=O)[C@H](CO)N(C)C)C(N)=O. The van der Waals surface area contributed by atoms with Crippen molar-refractivity contribution in [2.45, 2.75) is 75.4 Å². The number of fused-ring (bicyclic) bond motifs is 2. The van der Waals surface area contributed by atoms with Gasteiger partial charge in [-0.1, -0.05) is 48.5 Å². The summed E-state index contributed by atoms with van der Waals surface area (Å²) in [7, 11) is 6.77. The molecular weight excluding hydrogens is 642 g/mol. The Labute approximate surface area is 293 Å². The molecule has 5 amide bonds. The second-order valence-electron chi connectivity index (χ2n) is 13.5. The number of aliphatic hydroxyl groups is 2. The summed E-state index contributed by atoms with van der Waals surface area (Å²) in [6.45, 7) is -0.0884. The maximum absolute atomic E-state index is 13.7. The van der Waals surface area contributed by atoms with Gasteiger partial charge in [0.25, 0.3) is 0 Å². The van der Waals surface area contributed by atoms with Crippen molar-refractivity contribution in [1.82, 2.24) is 30.2 Å². The Morgan fingerprint density at radius 1 is 0.740 bits per heavy atom. The third-order valence-corrected chi connectivity index (χ3v) is 9.71. The van der Waals surface area contributed by atoms with Gasteiger partial charge in [0.2, 0.25) is 29.5 Å². The molecule has 14 nitrogen and oxygen atoms in total. The lowest BCUT2D eigenvalue weighted by molar-refractivity contribution is -0.147. The zero-order chi connectivity index (χ0) is 36.5. The van der Waals surface area contributed by atoms with Crippen molar-refractivity contribution in [2.75, 3.05) is 47.9 Å². The lowest BCUT2D eigenvalue weighted by Gasteiger charge is -2.39. The molecule has 0 radical (unpaired) electrons. The zero-order valence-electron chi connectivity index (χ0n) is 29.4. The zero-order valence-corrected chi connectivity index (χ0v) is 29.4. The number of hydrogen-bond donors (Lipinski definition) is 5. The predicted molar refractivity (Wildman–Crippen MR) is 186 cm³/mol. The van der Waals surface area contributed by atoms with Crippen molar-refractivity contribution in [3.63, 3.8) is 0 Å². The third kappa shape index (κ3) is 9.04. The number of unbranched alkanes of at least 4 members (excludes halogenated alkanes) is 1. The molecule has 0 spiro atoms. The van der Waals surface area contributed by atoms with E-state index in [-0.39, 0.29) is 50.9 Å². The molecule has 5 atom stereocenters.